The molecule has 0 saturated heterocycles. The maximum atomic E-state index is 13.0. The van der Waals surface area contributed by atoms with Crippen LogP contribution in [0.1, 0.15) is 15.9 Å². The fourth-order valence-corrected chi connectivity index (χ4v) is 2.85. The van der Waals surface area contributed by atoms with Crippen LogP contribution in [0.25, 0.3) is 0 Å². The number of carbonyl (C=O) groups is 1. The van der Waals surface area contributed by atoms with E-state index in [2.05, 4.69) is 21.2 Å². The second-order valence-corrected chi connectivity index (χ2v) is 6.41. The molecule has 27 heavy (non-hydrogen) atoms. The van der Waals surface area contributed by atoms with E-state index in [0.29, 0.717) is 11.5 Å². The van der Waals surface area contributed by atoms with E-state index in [-0.39, 0.29) is 15.7 Å². The molecule has 0 atom stereocenters. The van der Waals surface area contributed by atoms with Gasteiger partial charge in [-0.1, -0.05) is 46.3 Å². The second-order valence-electron chi connectivity index (χ2n) is 5.56. The summed E-state index contributed by atoms with van der Waals surface area (Å²) in [5.41, 5.74) is -0.628. The Morgan fingerprint density at radius 3 is 2.30 bits per heavy atom. The van der Waals surface area contributed by atoms with Crippen molar-refractivity contribution in [3.05, 3.63) is 88.4 Å². The number of nitrogens with one attached hydrogen (secondary N) is 1. The fourth-order valence-electron chi connectivity index (χ4n) is 2.38. The van der Waals surface area contributed by atoms with Crippen molar-refractivity contribution in [3.63, 3.8) is 0 Å². The molecule has 0 aromatic heterocycles. The van der Waals surface area contributed by atoms with Gasteiger partial charge in [0.05, 0.1) is 11.1 Å². The number of benzene rings is 3. The summed E-state index contributed by atoms with van der Waals surface area (Å²) < 4.78 is 44.7. The zero-order valence-electron chi connectivity index (χ0n) is 13.8. The van der Waals surface area contributed by atoms with Gasteiger partial charge >= 0.3 is 6.18 Å². The molecule has 3 aromatic carbocycles. The summed E-state index contributed by atoms with van der Waals surface area (Å²) in [5.74, 6) is 0.270. The van der Waals surface area contributed by atoms with Gasteiger partial charge in [0.1, 0.15) is 11.5 Å². The van der Waals surface area contributed by atoms with Crippen molar-refractivity contribution in [2.45, 2.75) is 6.18 Å². The topological polar surface area (TPSA) is 38.3 Å². The Kier molecular flexibility index (Phi) is 5.51. The summed E-state index contributed by atoms with van der Waals surface area (Å²) in [4.78, 5) is 12.6. The predicted octanol–water partition coefficient (Wildman–Crippen LogP) is 6.51. The molecule has 0 aliphatic heterocycles. The number of ether oxygens (including phenoxy) is 1. The molecule has 0 saturated carbocycles. The Labute approximate surface area is 161 Å². The molecule has 0 aliphatic carbocycles. The Bertz CT molecular complexity index is 959. The highest BCUT2D eigenvalue weighted by Crippen LogP contribution is 2.36. The summed E-state index contributed by atoms with van der Waals surface area (Å²) in [7, 11) is 0. The first-order valence-electron chi connectivity index (χ1n) is 7.84. The first-order chi connectivity index (χ1) is 12.8. The van der Waals surface area contributed by atoms with Gasteiger partial charge in [-0.2, -0.15) is 13.2 Å². The lowest BCUT2D eigenvalue weighted by Gasteiger charge is -2.14. The zero-order chi connectivity index (χ0) is 19.4. The number of hydrogen-bond acceptors (Lipinski definition) is 2. The molecule has 3 rings (SSSR count). The van der Waals surface area contributed by atoms with Crippen LogP contribution in [0.4, 0.5) is 18.9 Å². The normalized spacial score (nSPS) is 11.1. The third-order valence-electron chi connectivity index (χ3n) is 3.63. The molecule has 0 bridgehead atoms. The van der Waals surface area contributed by atoms with Crippen molar-refractivity contribution in [2.75, 3.05) is 5.32 Å². The average Bonchev–Trinajstić information content (AvgIpc) is 2.63. The molecular weight excluding hydrogens is 423 g/mol. The minimum Gasteiger partial charge on any atom is -0.457 e. The van der Waals surface area contributed by atoms with Crippen molar-refractivity contribution >= 4 is 27.5 Å². The van der Waals surface area contributed by atoms with E-state index in [0.717, 1.165) is 6.07 Å². The number of alkyl halides is 3. The van der Waals surface area contributed by atoms with E-state index in [1.807, 2.05) is 6.07 Å². The van der Waals surface area contributed by atoms with E-state index in [1.54, 1.807) is 42.5 Å². The summed E-state index contributed by atoms with van der Waals surface area (Å²) in [6, 6.07) is 18.9. The number of carbonyl (C=O) groups excluding carboxylic acids is 1. The van der Waals surface area contributed by atoms with Crippen LogP contribution < -0.4 is 10.1 Å². The number of rotatable bonds is 4. The minimum atomic E-state index is -4.53. The Hall–Kier alpha value is -2.80. The van der Waals surface area contributed by atoms with Gasteiger partial charge in [0.2, 0.25) is 0 Å². The van der Waals surface area contributed by atoms with Crippen LogP contribution >= 0.6 is 15.9 Å². The Morgan fingerprint density at radius 2 is 1.59 bits per heavy atom. The Balaban J connectivity index is 1.85. The van der Waals surface area contributed by atoms with Gasteiger partial charge in [-0.05, 0) is 42.5 Å². The van der Waals surface area contributed by atoms with Gasteiger partial charge in [0.25, 0.3) is 5.91 Å². The van der Waals surface area contributed by atoms with Crippen LogP contribution in [-0.4, -0.2) is 5.91 Å². The molecule has 0 fully saturated rings. The Morgan fingerprint density at radius 1 is 0.926 bits per heavy atom. The average molecular weight is 436 g/mol. The summed E-state index contributed by atoms with van der Waals surface area (Å²) in [6.45, 7) is 0. The van der Waals surface area contributed by atoms with Gasteiger partial charge in [-0.25, -0.2) is 0 Å². The van der Waals surface area contributed by atoms with Crippen molar-refractivity contribution in [1.82, 2.24) is 0 Å². The largest absolute Gasteiger partial charge is 0.457 e. The molecule has 1 amide bonds. The van der Waals surface area contributed by atoms with Crippen LogP contribution in [0, 0.1) is 0 Å². The molecular formula is C20H13BrF3NO2. The van der Waals surface area contributed by atoms with Crippen molar-refractivity contribution in [2.24, 2.45) is 0 Å². The molecule has 0 aliphatic rings. The lowest BCUT2D eigenvalue weighted by Crippen LogP contribution is -2.14. The van der Waals surface area contributed by atoms with Gasteiger partial charge < -0.3 is 10.1 Å². The van der Waals surface area contributed by atoms with E-state index >= 15 is 0 Å². The smallest absolute Gasteiger partial charge is 0.417 e. The van der Waals surface area contributed by atoms with Crippen molar-refractivity contribution < 1.29 is 22.7 Å². The number of halogens is 4. The highest BCUT2D eigenvalue weighted by Gasteiger charge is 2.33. The molecule has 0 spiro atoms. The molecule has 1 N–H and O–H groups in total. The lowest BCUT2D eigenvalue weighted by atomic mass is 10.1. The first kappa shape index (κ1) is 19.0. The number of amides is 1. The van der Waals surface area contributed by atoms with Crippen LogP contribution in [0.15, 0.2) is 77.3 Å². The molecule has 138 valence electrons. The SMILES string of the molecule is O=C(Nc1ccc(Br)c(C(F)(F)F)c1)c1ccccc1Oc1ccccc1. The first-order valence-corrected chi connectivity index (χ1v) is 8.64. The van der Waals surface area contributed by atoms with E-state index in [4.69, 9.17) is 4.74 Å². The second kappa shape index (κ2) is 7.84. The molecule has 7 heteroatoms. The molecule has 0 heterocycles. The van der Waals surface area contributed by atoms with Crippen LogP contribution in [-0.2, 0) is 6.18 Å². The maximum Gasteiger partial charge on any atom is 0.417 e. The van der Waals surface area contributed by atoms with Gasteiger partial charge in [0, 0.05) is 10.2 Å². The summed E-state index contributed by atoms with van der Waals surface area (Å²) in [5, 5.41) is 2.48. The molecule has 3 nitrogen and oxygen atoms in total. The van der Waals surface area contributed by atoms with E-state index in [9.17, 15) is 18.0 Å². The number of anilines is 1. The number of para-hydroxylation sites is 2. The lowest BCUT2D eigenvalue weighted by molar-refractivity contribution is -0.138. The minimum absolute atomic E-state index is 0.0324. The summed E-state index contributed by atoms with van der Waals surface area (Å²) in [6.07, 6.45) is -4.53. The van der Waals surface area contributed by atoms with Gasteiger partial charge in [0.15, 0.2) is 0 Å². The van der Waals surface area contributed by atoms with Crippen molar-refractivity contribution in [1.29, 1.82) is 0 Å². The summed E-state index contributed by atoms with van der Waals surface area (Å²) >= 11 is 2.87. The standard InChI is InChI=1S/C20H13BrF3NO2/c21-17-11-10-13(12-16(17)20(22,23)24)25-19(26)15-8-4-5-9-18(15)27-14-6-2-1-3-7-14/h1-12H,(H,25,26). The van der Waals surface area contributed by atoms with E-state index in [1.165, 1.54) is 18.2 Å². The third kappa shape index (κ3) is 4.68. The van der Waals surface area contributed by atoms with Gasteiger partial charge in [-0.15, -0.1) is 0 Å². The van der Waals surface area contributed by atoms with Crippen molar-refractivity contribution in [3.8, 4) is 11.5 Å². The monoisotopic (exact) mass is 435 g/mol. The zero-order valence-corrected chi connectivity index (χ0v) is 15.3. The van der Waals surface area contributed by atoms with Crippen LogP contribution in [0.5, 0.6) is 11.5 Å². The third-order valence-corrected chi connectivity index (χ3v) is 4.32. The highest BCUT2D eigenvalue weighted by atomic mass is 79.9. The van der Waals surface area contributed by atoms with Gasteiger partial charge in [-0.3, -0.25) is 4.79 Å². The maximum absolute atomic E-state index is 13.0. The molecule has 0 unspecified atom stereocenters. The quantitative estimate of drug-likeness (QED) is 0.506. The highest BCUT2D eigenvalue weighted by molar-refractivity contribution is 9.10. The fraction of sp³-hybridized carbons (Fsp3) is 0.0500. The van der Waals surface area contributed by atoms with Crippen LogP contribution in [0.2, 0.25) is 0 Å². The van der Waals surface area contributed by atoms with E-state index < -0.39 is 17.6 Å². The number of hydrogen-bond donors (Lipinski definition) is 1. The predicted molar refractivity (Wildman–Crippen MR) is 100 cm³/mol. The molecule has 3 aromatic rings. The molecule has 0 radical (unpaired) electrons. The van der Waals surface area contributed by atoms with Crippen LogP contribution in [0.3, 0.4) is 0 Å².